The number of carbonyl (C=O) groups is 2. The first kappa shape index (κ1) is 19.8. The first-order valence-electron chi connectivity index (χ1n) is 10.1. The second-order valence-corrected chi connectivity index (χ2v) is 7.92. The normalized spacial score (nSPS) is 22.6. The van der Waals surface area contributed by atoms with Crippen molar-refractivity contribution in [1.29, 1.82) is 0 Å². The van der Waals surface area contributed by atoms with Crippen LogP contribution in [-0.4, -0.2) is 71.8 Å². The highest BCUT2D eigenvalue weighted by atomic mass is 16.2. The van der Waals surface area contributed by atoms with Gasteiger partial charge in [0.2, 0.25) is 11.8 Å². The number of nitrogens with zero attached hydrogens (tertiary/aromatic N) is 3. The molecule has 6 heteroatoms. The highest BCUT2D eigenvalue weighted by Crippen LogP contribution is 2.18. The molecule has 2 N–H and O–H groups in total. The summed E-state index contributed by atoms with van der Waals surface area (Å²) in [5.41, 5.74) is 8.18. The maximum absolute atomic E-state index is 12.7. The SMILES string of the molecule is Cc1ccc(C(N)C(=O)N2CCN(CC(=O)N3CCCCC3C)CC2)cc1. The summed E-state index contributed by atoms with van der Waals surface area (Å²) >= 11 is 0. The molecular formula is C21H32N4O2. The van der Waals surface area contributed by atoms with E-state index in [4.69, 9.17) is 5.73 Å². The van der Waals surface area contributed by atoms with Crippen molar-refractivity contribution in [1.82, 2.24) is 14.7 Å². The summed E-state index contributed by atoms with van der Waals surface area (Å²) in [4.78, 5) is 31.3. The van der Waals surface area contributed by atoms with Crippen LogP contribution >= 0.6 is 0 Å². The van der Waals surface area contributed by atoms with E-state index >= 15 is 0 Å². The molecule has 0 aliphatic carbocycles. The third kappa shape index (κ3) is 4.87. The number of rotatable bonds is 4. The Bertz CT molecular complexity index is 653. The van der Waals surface area contributed by atoms with Crippen LogP contribution in [0.4, 0.5) is 0 Å². The summed E-state index contributed by atoms with van der Waals surface area (Å²) in [6, 6.07) is 7.54. The molecule has 0 bridgehead atoms. The van der Waals surface area contributed by atoms with Crippen molar-refractivity contribution in [2.45, 2.75) is 45.2 Å². The van der Waals surface area contributed by atoms with Gasteiger partial charge in [0.05, 0.1) is 6.54 Å². The summed E-state index contributed by atoms with van der Waals surface area (Å²) in [5, 5.41) is 0. The molecule has 1 aromatic carbocycles. The molecule has 0 aromatic heterocycles. The van der Waals surface area contributed by atoms with Crippen molar-refractivity contribution in [3.05, 3.63) is 35.4 Å². The molecule has 3 rings (SSSR count). The molecule has 2 fully saturated rings. The van der Waals surface area contributed by atoms with Gasteiger partial charge in [-0.05, 0) is 38.7 Å². The van der Waals surface area contributed by atoms with Crippen LogP contribution in [0.25, 0.3) is 0 Å². The highest BCUT2D eigenvalue weighted by Gasteiger charge is 2.29. The van der Waals surface area contributed by atoms with Gasteiger partial charge in [0.25, 0.3) is 0 Å². The van der Waals surface area contributed by atoms with E-state index < -0.39 is 6.04 Å². The monoisotopic (exact) mass is 372 g/mol. The van der Waals surface area contributed by atoms with Crippen LogP contribution in [0.2, 0.25) is 0 Å². The first-order chi connectivity index (χ1) is 13.0. The van der Waals surface area contributed by atoms with Crippen LogP contribution < -0.4 is 5.73 Å². The number of nitrogens with two attached hydrogens (primary N) is 1. The van der Waals surface area contributed by atoms with E-state index in [1.54, 1.807) is 0 Å². The average Bonchev–Trinajstić information content (AvgIpc) is 2.68. The van der Waals surface area contributed by atoms with E-state index in [0.29, 0.717) is 25.7 Å². The topological polar surface area (TPSA) is 69.9 Å². The van der Waals surface area contributed by atoms with E-state index in [0.717, 1.165) is 43.6 Å². The molecule has 2 aliphatic heterocycles. The molecule has 0 spiro atoms. The van der Waals surface area contributed by atoms with Gasteiger partial charge in [-0.25, -0.2) is 0 Å². The lowest BCUT2D eigenvalue weighted by Gasteiger charge is -2.38. The largest absolute Gasteiger partial charge is 0.339 e. The minimum Gasteiger partial charge on any atom is -0.339 e. The zero-order valence-electron chi connectivity index (χ0n) is 16.6. The fourth-order valence-corrected chi connectivity index (χ4v) is 3.99. The first-order valence-corrected chi connectivity index (χ1v) is 10.1. The number of aryl methyl sites for hydroxylation is 1. The van der Waals surface area contributed by atoms with Crippen molar-refractivity contribution in [3.8, 4) is 0 Å². The maximum Gasteiger partial charge on any atom is 0.244 e. The Labute approximate surface area is 162 Å². The molecule has 1 aromatic rings. The van der Waals surface area contributed by atoms with Gasteiger partial charge >= 0.3 is 0 Å². The van der Waals surface area contributed by atoms with Crippen molar-refractivity contribution in [2.24, 2.45) is 5.73 Å². The van der Waals surface area contributed by atoms with Crippen molar-refractivity contribution < 1.29 is 9.59 Å². The lowest BCUT2D eigenvalue weighted by molar-refractivity contribution is -0.137. The van der Waals surface area contributed by atoms with Crippen LogP contribution in [0.1, 0.15) is 43.4 Å². The minimum absolute atomic E-state index is 0.0329. The van der Waals surface area contributed by atoms with Crippen molar-refractivity contribution in [2.75, 3.05) is 39.3 Å². The van der Waals surface area contributed by atoms with Gasteiger partial charge in [0, 0.05) is 38.8 Å². The van der Waals surface area contributed by atoms with Gasteiger partial charge < -0.3 is 15.5 Å². The van der Waals surface area contributed by atoms with Crippen molar-refractivity contribution >= 4 is 11.8 Å². The van der Waals surface area contributed by atoms with E-state index in [-0.39, 0.29) is 11.8 Å². The molecule has 27 heavy (non-hydrogen) atoms. The summed E-state index contributed by atoms with van der Waals surface area (Å²) in [5.74, 6) is 0.188. The van der Waals surface area contributed by atoms with Crippen LogP contribution in [0.3, 0.4) is 0 Å². The summed E-state index contributed by atoms with van der Waals surface area (Å²) in [6.07, 6.45) is 3.42. The van der Waals surface area contributed by atoms with Crippen molar-refractivity contribution in [3.63, 3.8) is 0 Å². The Kier molecular flexibility index (Phi) is 6.50. The van der Waals surface area contributed by atoms with Gasteiger partial charge in [-0.15, -0.1) is 0 Å². The molecule has 0 saturated carbocycles. The van der Waals surface area contributed by atoms with Crippen LogP contribution in [0.5, 0.6) is 0 Å². The smallest absolute Gasteiger partial charge is 0.244 e. The van der Waals surface area contributed by atoms with E-state index in [1.807, 2.05) is 41.0 Å². The molecule has 6 nitrogen and oxygen atoms in total. The molecule has 2 aliphatic rings. The molecule has 2 heterocycles. The summed E-state index contributed by atoms with van der Waals surface area (Å²) in [6.45, 7) is 8.19. The Morgan fingerprint density at radius 3 is 2.37 bits per heavy atom. The number of hydrogen-bond donors (Lipinski definition) is 1. The maximum atomic E-state index is 12.7. The standard InChI is InChI=1S/C21H32N4O2/c1-16-6-8-18(9-7-16)20(22)21(27)24-13-11-23(12-14-24)15-19(26)25-10-4-3-5-17(25)2/h6-9,17,20H,3-5,10-15,22H2,1-2H3. The lowest BCUT2D eigenvalue weighted by atomic mass is 10.0. The third-order valence-corrected chi connectivity index (χ3v) is 5.87. The number of likely N-dealkylation sites (tertiary alicyclic amines) is 1. The minimum atomic E-state index is -0.618. The second kappa shape index (κ2) is 8.85. The zero-order valence-corrected chi connectivity index (χ0v) is 16.6. The van der Waals surface area contributed by atoms with Gasteiger partial charge in [0.15, 0.2) is 0 Å². The van der Waals surface area contributed by atoms with Gasteiger partial charge in [0.1, 0.15) is 6.04 Å². The lowest BCUT2D eigenvalue weighted by Crippen LogP contribution is -2.54. The van der Waals surface area contributed by atoms with E-state index in [1.165, 1.54) is 6.42 Å². The second-order valence-electron chi connectivity index (χ2n) is 7.92. The van der Waals surface area contributed by atoms with E-state index in [2.05, 4.69) is 11.8 Å². The Morgan fingerprint density at radius 1 is 1.07 bits per heavy atom. The van der Waals surface area contributed by atoms with Gasteiger partial charge in [-0.3, -0.25) is 14.5 Å². The molecule has 2 amide bonds. The zero-order chi connectivity index (χ0) is 19.4. The predicted molar refractivity (Wildman–Crippen MR) is 106 cm³/mol. The molecule has 2 unspecified atom stereocenters. The predicted octanol–water partition coefficient (Wildman–Crippen LogP) is 1.54. The molecule has 148 valence electrons. The number of carbonyl (C=O) groups excluding carboxylic acids is 2. The number of hydrogen-bond acceptors (Lipinski definition) is 4. The Balaban J connectivity index is 1.48. The summed E-state index contributed by atoms with van der Waals surface area (Å²) < 4.78 is 0. The molecule has 2 saturated heterocycles. The highest BCUT2D eigenvalue weighted by molar-refractivity contribution is 5.83. The Hall–Kier alpha value is -1.92. The van der Waals surface area contributed by atoms with Gasteiger partial charge in [-0.1, -0.05) is 29.8 Å². The Morgan fingerprint density at radius 2 is 1.74 bits per heavy atom. The summed E-state index contributed by atoms with van der Waals surface area (Å²) in [7, 11) is 0. The number of amides is 2. The quantitative estimate of drug-likeness (QED) is 0.870. The fourth-order valence-electron chi connectivity index (χ4n) is 3.99. The van der Waals surface area contributed by atoms with E-state index in [9.17, 15) is 9.59 Å². The number of piperazine rings is 1. The molecule has 2 atom stereocenters. The number of benzene rings is 1. The molecular weight excluding hydrogens is 340 g/mol. The molecule has 0 radical (unpaired) electrons. The third-order valence-electron chi connectivity index (χ3n) is 5.87. The average molecular weight is 373 g/mol. The number of piperidine rings is 1. The van der Waals surface area contributed by atoms with Crippen LogP contribution in [0.15, 0.2) is 24.3 Å². The van der Waals surface area contributed by atoms with Gasteiger partial charge in [-0.2, -0.15) is 0 Å². The van der Waals surface area contributed by atoms with Crippen LogP contribution in [-0.2, 0) is 9.59 Å². The van der Waals surface area contributed by atoms with Crippen LogP contribution in [0, 0.1) is 6.92 Å². The fraction of sp³-hybridized carbons (Fsp3) is 0.619.